The number of carbonyl (C=O) groups excluding carboxylic acids is 1. The van der Waals surface area contributed by atoms with E-state index < -0.39 is 0 Å². The van der Waals surface area contributed by atoms with Crippen LogP contribution in [0.4, 0.5) is 0 Å². The lowest BCUT2D eigenvalue weighted by Gasteiger charge is -2.04. The van der Waals surface area contributed by atoms with Crippen molar-refractivity contribution in [3.8, 4) is 5.75 Å². The lowest BCUT2D eigenvalue weighted by Crippen LogP contribution is -2.07. The topological polar surface area (TPSA) is 26.3 Å². The SMILES string of the molecule is C=CCCCCCCCCC(=O)Oc1ccc(C)cc1. The van der Waals surface area contributed by atoms with Crippen LogP contribution < -0.4 is 4.74 Å². The van der Waals surface area contributed by atoms with Crippen LogP contribution in [0.5, 0.6) is 5.75 Å². The summed E-state index contributed by atoms with van der Waals surface area (Å²) in [4.78, 5) is 11.6. The van der Waals surface area contributed by atoms with Gasteiger partial charge in [0.1, 0.15) is 5.75 Å². The van der Waals surface area contributed by atoms with E-state index in [1.165, 1.54) is 31.2 Å². The Hall–Kier alpha value is -1.57. The molecule has 0 heterocycles. The Labute approximate surface area is 122 Å². The highest BCUT2D eigenvalue weighted by molar-refractivity contribution is 5.72. The second-order valence-electron chi connectivity index (χ2n) is 5.24. The summed E-state index contributed by atoms with van der Waals surface area (Å²) in [5, 5.41) is 0. The monoisotopic (exact) mass is 274 g/mol. The minimum atomic E-state index is -0.125. The summed E-state index contributed by atoms with van der Waals surface area (Å²) in [6.45, 7) is 5.73. The largest absolute Gasteiger partial charge is 0.427 e. The predicted octanol–water partition coefficient (Wildman–Crippen LogP) is 5.21. The molecule has 2 nitrogen and oxygen atoms in total. The van der Waals surface area contributed by atoms with Gasteiger partial charge in [-0.3, -0.25) is 4.79 Å². The van der Waals surface area contributed by atoms with Gasteiger partial charge in [-0.1, -0.05) is 49.5 Å². The van der Waals surface area contributed by atoms with Crippen LogP contribution in [0.2, 0.25) is 0 Å². The normalized spacial score (nSPS) is 10.2. The lowest BCUT2D eigenvalue weighted by molar-refractivity contribution is -0.134. The first-order valence-electron chi connectivity index (χ1n) is 7.60. The smallest absolute Gasteiger partial charge is 0.311 e. The Morgan fingerprint density at radius 3 is 2.30 bits per heavy atom. The van der Waals surface area contributed by atoms with Crippen molar-refractivity contribution in [1.82, 2.24) is 0 Å². The standard InChI is InChI=1S/C18H26O2/c1-3-4-5-6-7-8-9-10-11-18(19)20-17-14-12-16(2)13-15-17/h3,12-15H,1,4-11H2,2H3. The van der Waals surface area contributed by atoms with Gasteiger partial charge >= 0.3 is 5.97 Å². The van der Waals surface area contributed by atoms with Crippen LogP contribution in [-0.2, 0) is 4.79 Å². The van der Waals surface area contributed by atoms with Crippen LogP contribution in [0.15, 0.2) is 36.9 Å². The summed E-state index contributed by atoms with van der Waals surface area (Å²) in [7, 11) is 0. The summed E-state index contributed by atoms with van der Waals surface area (Å²) >= 11 is 0. The first-order valence-corrected chi connectivity index (χ1v) is 7.60. The molecule has 1 rings (SSSR count). The van der Waals surface area contributed by atoms with Gasteiger partial charge in [0, 0.05) is 6.42 Å². The van der Waals surface area contributed by atoms with E-state index in [4.69, 9.17) is 4.74 Å². The highest BCUT2D eigenvalue weighted by Gasteiger charge is 2.04. The summed E-state index contributed by atoms with van der Waals surface area (Å²) in [5.74, 6) is 0.519. The number of allylic oxidation sites excluding steroid dienone is 1. The molecule has 2 heteroatoms. The number of rotatable bonds is 10. The van der Waals surface area contributed by atoms with Crippen molar-refractivity contribution >= 4 is 5.97 Å². The van der Waals surface area contributed by atoms with Crippen LogP contribution in [0.1, 0.15) is 56.9 Å². The third-order valence-electron chi connectivity index (χ3n) is 3.29. The van der Waals surface area contributed by atoms with E-state index in [0.717, 1.165) is 19.3 Å². The molecule has 0 N–H and O–H groups in total. The van der Waals surface area contributed by atoms with Crippen molar-refractivity contribution in [2.45, 2.75) is 58.3 Å². The molecule has 0 spiro atoms. The number of ether oxygens (including phenoxy) is 1. The molecule has 20 heavy (non-hydrogen) atoms. The Kier molecular flexibility index (Phi) is 8.44. The van der Waals surface area contributed by atoms with Gasteiger partial charge in [-0.25, -0.2) is 0 Å². The first kappa shape index (κ1) is 16.5. The van der Waals surface area contributed by atoms with Gasteiger partial charge in [-0.15, -0.1) is 6.58 Å². The molecular formula is C18H26O2. The molecule has 0 amide bonds. The second kappa shape index (κ2) is 10.2. The van der Waals surface area contributed by atoms with Crippen LogP contribution in [0.25, 0.3) is 0 Å². The highest BCUT2D eigenvalue weighted by Crippen LogP contribution is 2.14. The van der Waals surface area contributed by atoms with Crippen molar-refractivity contribution in [3.05, 3.63) is 42.5 Å². The Bertz CT molecular complexity index is 392. The van der Waals surface area contributed by atoms with Gasteiger partial charge in [-0.2, -0.15) is 0 Å². The van der Waals surface area contributed by atoms with Gasteiger partial charge in [-0.05, 0) is 38.3 Å². The van der Waals surface area contributed by atoms with Crippen molar-refractivity contribution in [1.29, 1.82) is 0 Å². The Morgan fingerprint density at radius 2 is 1.65 bits per heavy atom. The number of unbranched alkanes of at least 4 members (excludes halogenated alkanes) is 6. The van der Waals surface area contributed by atoms with Gasteiger partial charge < -0.3 is 4.74 Å². The van der Waals surface area contributed by atoms with E-state index in [2.05, 4.69) is 6.58 Å². The minimum absolute atomic E-state index is 0.125. The average molecular weight is 274 g/mol. The minimum Gasteiger partial charge on any atom is -0.427 e. The molecule has 0 bridgehead atoms. The fourth-order valence-corrected chi connectivity index (χ4v) is 2.05. The molecule has 0 aromatic heterocycles. The summed E-state index contributed by atoms with van der Waals surface area (Å²) in [5.41, 5.74) is 1.17. The zero-order valence-corrected chi connectivity index (χ0v) is 12.6. The van der Waals surface area contributed by atoms with E-state index in [9.17, 15) is 4.79 Å². The molecular weight excluding hydrogens is 248 g/mol. The summed E-state index contributed by atoms with van der Waals surface area (Å²) in [6.07, 6.45) is 10.6. The van der Waals surface area contributed by atoms with Crippen LogP contribution in [0, 0.1) is 6.92 Å². The predicted molar refractivity (Wildman–Crippen MR) is 83.9 cm³/mol. The first-order chi connectivity index (χ1) is 9.72. The third kappa shape index (κ3) is 7.78. The second-order valence-corrected chi connectivity index (χ2v) is 5.24. The van der Waals surface area contributed by atoms with Gasteiger partial charge in [0.2, 0.25) is 0 Å². The van der Waals surface area contributed by atoms with E-state index in [1.807, 2.05) is 37.3 Å². The summed E-state index contributed by atoms with van der Waals surface area (Å²) < 4.78 is 5.28. The van der Waals surface area contributed by atoms with Gasteiger partial charge in [0.05, 0.1) is 0 Å². The van der Waals surface area contributed by atoms with E-state index in [1.54, 1.807) is 0 Å². The summed E-state index contributed by atoms with van der Waals surface area (Å²) in [6, 6.07) is 7.58. The number of carbonyl (C=O) groups is 1. The highest BCUT2D eigenvalue weighted by atomic mass is 16.5. The molecule has 0 fully saturated rings. The zero-order chi connectivity index (χ0) is 14.6. The zero-order valence-electron chi connectivity index (χ0n) is 12.6. The molecule has 0 aliphatic rings. The van der Waals surface area contributed by atoms with Crippen molar-refractivity contribution in [2.75, 3.05) is 0 Å². The number of aryl methyl sites for hydroxylation is 1. The molecule has 0 radical (unpaired) electrons. The number of esters is 1. The molecule has 0 unspecified atom stereocenters. The molecule has 0 atom stereocenters. The fraction of sp³-hybridized carbons (Fsp3) is 0.500. The van der Waals surface area contributed by atoms with E-state index in [0.29, 0.717) is 12.2 Å². The van der Waals surface area contributed by atoms with Crippen molar-refractivity contribution in [3.63, 3.8) is 0 Å². The molecule has 0 aliphatic heterocycles. The quantitative estimate of drug-likeness (QED) is 0.253. The molecule has 110 valence electrons. The third-order valence-corrected chi connectivity index (χ3v) is 3.29. The molecule has 0 saturated heterocycles. The maximum absolute atomic E-state index is 11.6. The van der Waals surface area contributed by atoms with Crippen LogP contribution in [-0.4, -0.2) is 5.97 Å². The van der Waals surface area contributed by atoms with Gasteiger partial charge in [0.15, 0.2) is 0 Å². The maximum atomic E-state index is 11.6. The van der Waals surface area contributed by atoms with E-state index in [-0.39, 0.29) is 5.97 Å². The average Bonchev–Trinajstić information content (AvgIpc) is 2.44. The Morgan fingerprint density at radius 1 is 1.05 bits per heavy atom. The fourth-order valence-electron chi connectivity index (χ4n) is 2.05. The molecule has 0 saturated carbocycles. The number of hydrogen-bond acceptors (Lipinski definition) is 2. The lowest BCUT2D eigenvalue weighted by atomic mass is 10.1. The number of benzene rings is 1. The van der Waals surface area contributed by atoms with Crippen molar-refractivity contribution in [2.24, 2.45) is 0 Å². The van der Waals surface area contributed by atoms with Crippen molar-refractivity contribution < 1.29 is 9.53 Å². The Balaban J connectivity index is 2.03. The van der Waals surface area contributed by atoms with Crippen LogP contribution in [0.3, 0.4) is 0 Å². The molecule has 1 aromatic rings. The molecule has 0 aliphatic carbocycles. The van der Waals surface area contributed by atoms with Gasteiger partial charge in [0.25, 0.3) is 0 Å². The number of hydrogen-bond donors (Lipinski definition) is 0. The molecule has 1 aromatic carbocycles. The van der Waals surface area contributed by atoms with E-state index >= 15 is 0 Å². The van der Waals surface area contributed by atoms with Crippen LogP contribution >= 0.6 is 0 Å². The maximum Gasteiger partial charge on any atom is 0.311 e.